The lowest BCUT2D eigenvalue weighted by Crippen LogP contribution is -2.46. The van der Waals surface area contributed by atoms with Crippen LogP contribution in [0.3, 0.4) is 0 Å². The van der Waals surface area contributed by atoms with Crippen molar-refractivity contribution in [3.8, 4) is 0 Å². The van der Waals surface area contributed by atoms with Crippen molar-refractivity contribution < 1.29 is 19.1 Å². The lowest BCUT2D eigenvalue weighted by molar-refractivity contribution is -0.147. The molecule has 5 heteroatoms. The maximum atomic E-state index is 11.5. The predicted octanol–water partition coefficient (Wildman–Crippen LogP) is 1.27. The summed E-state index contributed by atoms with van der Waals surface area (Å²) < 4.78 is 9.22. The van der Waals surface area contributed by atoms with E-state index in [1.807, 2.05) is 13.8 Å². The zero-order chi connectivity index (χ0) is 12.0. The number of nitrogens with zero attached hydrogens (tertiary/aromatic N) is 1. The number of amides is 1. The van der Waals surface area contributed by atoms with Crippen molar-refractivity contribution in [3.63, 3.8) is 0 Å². The largest absolute Gasteiger partial charge is 0.467 e. The van der Waals surface area contributed by atoms with Gasteiger partial charge in [0.05, 0.1) is 14.2 Å². The molecule has 1 amide bonds. The number of ether oxygens (including phenoxy) is 2. The molecule has 0 aliphatic rings. The highest BCUT2D eigenvalue weighted by Gasteiger charge is 2.32. The molecule has 0 radical (unpaired) electrons. The lowest BCUT2D eigenvalue weighted by atomic mass is 9.98. The van der Waals surface area contributed by atoms with Gasteiger partial charge in [-0.3, -0.25) is 4.90 Å². The zero-order valence-corrected chi connectivity index (χ0v) is 9.94. The second kappa shape index (κ2) is 6.27. The Hall–Kier alpha value is -1.26. The van der Waals surface area contributed by atoms with Gasteiger partial charge in [0.1, 0.15) is 6.04 Å². The SMILES string of the molecule is CCC(C)C(C(=O)OC)N(C)C(=O)OC. The molecule has 15 heavy (non-hydrogen) atoms. The molecule has 0 aromatic carbocycles. The molecule has 5 nitrogen and oxygen atoms in total. The van der Waals surface area contributed by atoms with Crippen LogP contribution in [-0.4, -0.2) is 44.3 Å². The van der Waals surface area contributed by atoms with E-state index in [2.05, 4.69) is 9.47 Å². The van der Waals surface area contributed by atoms with Crippen LogP contribution in [0, 0.1) is 5.92 Å². The lowest BCUT2D eigenvalue weighted by Gasteiger charge is -2.28. The van der Waals surface area contributed by atoms with E-state index in [-0.39, 0.29) is 5.92 Å². The maximum Gasteiger partial charge on any atom is 0.409 e. The van der Waals surface area contributed by atoms with Crippen LogP contribution < -0.4 is 0 Å². The van der Waals surface area contributed by atoms with E-state index in [1.54, 1.807) is 0 Å². The summed E-state index contributed by atoms with van der Waals surface area (Å²) in [5, 5.41) is 0. The third-order valence-corrected chi connectivity index (χ3v) is 2.51. The summed E-state index contributed by atoms with van der Waals surface area (Å²) >= 11 is 0. The summed E-state index contributed by atoms with van der Waals surface area (Å²) in [7, 11) is 4.12. The molecule has 2 unspecified atom stereocenters. The van der Waals surface area contributed by atoms with Gasteiger partial charge in [0.2, 0.25) is 0 Å². The Morgan fingerprint density at radius 3 is 2.13 bits per heavy atom. The summed E-state index contributed by atoms with van der Waals surface area (Å²) in [5.74, 6) is -0.390. The molecule has 0 aromatic heterocycles. The summed E-state index contributed by atoms with van der Waals surface area (Å²) in [4.78, 5) is 24.1. The van der Waals surface area contributed by atoms with Gasteiger partial charge < -0.3 is 9.47 Å². The van der Waals surface area contributed by atoms with Crippen LogP contribution in [0.25, 0.3) is 0 Å². The average Bonchev–Trinajstić information content (AvgIpc) is 2.27. The minimum absolute atomic E-state index is 0.0292. The second-order valence-electron chi connectivity index (χ2n) is 3.43. The van der Waals surface area contributed by atoms with Crippen LogP contribution in [0.15, 0.2) is 0 Å². The van der Waals surface area contributed by atoms with Gasteiger partial charge in [0.15, 0.2) is 0 Å². The van der Waals surface area contributed by atoms with E-state index in [0.29, 0.717) is 0 Å². The molecule has 0 saturated heterocycles. The van der Waals surface area contributed by atoms with E-state index in [1.165, 1.54) is 26.2 Å². The first-order valence-electron chi connectivity index (χ1n) is 4.88. The number of hydrogen-bond acceptors (Lipinski definition) is 4. The molecule has 0 saturated carbocycles. The minimum atomic E-state index is -0.590. The Morgan fingerprint density at radius 2 is 1.80 bits per heavy atom. The fourth-order valence-corrected chi connectivity index (χ4v) is 1.37. The highest BCUT2D eigenvalue weighted by atomic mass is 16.5. The molecule has 0 aliphatic heterocycles. The van der Waals surface area contributed by atoms with Crippen LogP contribution in [0.1, 0.15) is 20.3 Å². The van der Waals surface area contributed by atoms with Gasteiger partial charge in [-0.25, -0.2) is 9.59 Å². The number of hydrogen-bond donors (Lipinski definition) is 0. The van der Waals surface area contributed by atoms with Crippen LogP contribution in [0.4, 0.5) is 4.79 Å². The summed E-state index contributed by atoms with van der Waals surface area (Å²) in [6.07, 6.45) is 0.242. The first-order chi connectivity index (χ1) is 6.99. The van der Waals surface area contributed by atoms with E-state index < -0.39 is 18.1 Å². The van der Waals surface area contributed by atoms with Crippen molar-refractivity contribution in [1.29, 1.82) is 0 Å². The first-order valence-corrected chi connectivity index (χ1v) is 4.88. The molecule has 0 aromatic rings. The number of carbonyl (C=O) groups is 2. The van der Waals surface area contributed by atoms with Crippen LogP contribution >= 0.6 is 0 Å². The van der Waals surface area contributed by atoms with E-state index >= 15 is 0 Å². The number of carbonyl (C=O) groups excluding carboxylic acids is 2. The molecule has 0 spiro atoms. The minimum Gasteiger partial charge on any atom is -0.467 e. The Balaban J connectivity index is 4.77. The Morgan fingerprint density at radius 1 is 1.27 bits per heavy atom. The highest BCUT2D eigenvalue weighted by molar-refractivity contribution is 5.81. The summed E-state index contributed by atoms with van der Waals surface area (Å²) in [6, 6.07) is -0.590. The number of esters is 1. The van der Waals surface area contributed by atoms with Crippen LogP contribution in [-0.2, 0) is 14.3 Å². The van der Waals surface area contributed by atoms with Crippen LogP contribution in [0.5, 0.6) is 0 Å². The standard InChI is InChI=1S/C10H19NO4/c1-6-7(2)8(9(12)14-4)11(3)10(13)15-5/h7-8H,6H2,1-5H3. The summed E-state index contributed by atoms with van der Waals surface area (Å²) in [5.41, 5.74) is 0. The van der Waals surface area contributed by atoms with Crippen molar-refractivity contribution in [2.24, 2.45) is 5.92 Å². The third-order valence-electron chi connectivity index (χ3n) is 2.51. The molecule has 2 atom stereocenters. The monoisotopic (exact) mass is 217 g/mol. The van der Waals surface area contributed by atoms with E-state index in [9.17, 15) is 9.59 Å². The zero-order valence-electron chi connectivity index (χ0n) is 9.94. The molecular formula is C10H19NO4. The quantitative estimate of drug-likeness (QED) is 0.665. The molecule has 88 valence electrons. The van der Waals surface area contributed by atoms with Crippen molar-refractivity contribution >= 4 is 12.1 Å². The number of methoxy groups -OCH3 is 2. The van der Waals surface area contributed by atoms with Crippen molar-refractivity contribution in [2.45, 2.75) is 26.3 Å². The van der Waals surface area contributed by atoms with Gasteiger partial charge >= 0.3 is 12.1 Å². The molecule has 0 fully saturated rings. The van der Waals surface area contributed by atoms with Crippen molar-refractivity contribution in [2.75, 3.05) is 21.3 Å². The van der Waals surface area contributed by atoms with Gasteiger partial charge in [0.25, 0.3) is 0 Å². The topological polar surface area (TPSA) is 55.8 Å². The van der Waals surface area contributed by atoms with Gasteiger partial charge in [0, 0.05) is 7.05 Å². The fourth-order valence-electron chi connectivity index (χ4n) is 1.37. The highest BCUT2D eigenvalue weighted by Crippen LogP contribution is 2.15. The molecule has 0 rings (SSSR count). The molecule has 0 heterocycles. The van der Waals surface area contributed by atoms with Gasteiger partial charge in [-0.1, -0.05) is 20.3 Å². The van der Waals surface area contributed by atoms with Gasteiger partial charge in [-0.2, -0.15) is 0 Å². The van der Waals surface area contributed by atoms with Crippen molar-refractivity contribution in [3.05, 3.63) is 0 Å². The number of rotatable bonds is 4. The Kier molecular flexibility index (Phi) is 5.74. The molecule has 0 bridgehead atoms. The molecule has 0 N–H and O–H groups in total. The Bertz CT molecular complexity index is 229. The van der Waals surface area contributed by atoms with Gasteiger partial charge in [-0.05, 0) is 5.92 Å². The normalized spacial score (nSPS) is 13.9. The maximum absolute atomic E-state index is 11.5. The smallest absolute Gasteiger partial charge is 0.409 e. The van der Waals surface area contributed by atoms with Crippen molar-refractivity contribution in [1.82, 2.24) is 4.90 Å². The average molecular weight is 217 g/mol. The Labute approximate surface area is 90.3 Å². The number of likely N-dealkylation sites (N-methyl/N-ethyl adjacent to an activating group) is 1. The second-order valence-corrected chi connectivity index (χ2v) is 3.43. The van der Waals surface area contributed by atoms with E-state index in [0.717, 1.165) is 6.42 Å². The first kappa shape index (κ1) is 13.7. The molecular weight excluding hydrogens is 198 g/mol. The van der Waals surface area contributed by atoms with Gasteiger partial charge in [-0.15, -0.1) is 0 Å². The van der Waals surface area contributed by atoms with E-state index in [4.69, 9.17) is 0 Å². The summed E-state index contributed by atoms with van der Waals surface area (Å²) in [6.45, 7) is 3.84. The van der Waals surface area contributed by atoms with Crippen LogP contribution in [0.2, 0.25) is 0 Å². The third kappa shape index (κ3) is 3.42. The molecule has 0 aliphatic carbocycles. The fraction of sp³-hybridized carbons (Fsp3) is 0.800. The predicted molar refractivity (Wildman–Crippen MR) is 55.4 cm³/mol.